The Morgan fingerprint density at radius 3 is 2.35 bits per heavy atom. The number of aryl methyl sites for hydroxylation is 1. The molecule has 0 spiro atoms. The summed E-state index contributed by atoms with van der Waals surface area (Å²) in [7, 11) is -2.86. The van der Waals surface area contributed by atoms with Gasteiger partial charge in [-0.2, -0.15) is 0 Å². The average Bonchev–Trinajstić information content (AvgIpc) is 2.70. The molecule has 1 aromatic rings. The van der Waals surface area contributed by atoms with E-state index in [4.69, 9.17) is 0 Å². The van der Waals surface area contributed by atoms with Crippen molar-refractivity contribution < 1.29 is 8.42 Å². The van der Waals surface area contributed by atoms with E-state index in [9.17, 15) is 8.42 Å². The maximum Gasteiger partial charge on any atom is 0.152 e. The van der Waals surface area contributed by atoms with Crippen LogP contribution < -0.4 is 5.32 Å². The van der Waals surface area contributed by atoms with Crippen molar-refractivity contribution in [2.45, 2.75) is 51.6 Å². The Morgan fingerprint density at radius 2 is 1.90 bits per heavy atom. The van der Waals surface area contributed by atoms with Crippen LogP contribution in [0.15, 0.2) is 24.3 Å². The fraction of sp³-hybridized carbons (Fsp3) is 0.625. The standard InChI is InChI=1S/C16H25NO2S/c1-4-13-6-8-14(9-7-13)15(5-2)17-16(3)10-11-20(18,19)12-16/h6-9,15,17H,4-5,10-12H2,1-3H3. The van der Waals surface area contributed by atoms with Gasteiger partial charge in [0.2, 0.25) is 0 Å². The van der Waals surface area contributed by atoms with Crippen molar-refractivity contribution in [3.63, 3.8) is 0 Å². The van der Waals surface area contributed by atoms with E-state index in [1.54, 1.807) is 0 Å². The quantitative estimate of drug-likeness (QED) is 0.908. The van der Waals surface area contributed by atoms with E-state index in [1.807, 2.05) is 6.92 Å². The van der Waals surface area contributed by atoms with E-state index < -0.39 is 9.84 Å². The van der Waals surface area contributed by atoms with Gasteiger partial charge in [-0.15, -0.1) is 0 Å². The summed E-state index contributed by atoms with van der Waals surface area (Å²) in [5.74, 6) is 0.561. The molecular formula is C16H25NO2S. The molecule has 1 fully saturated rings. The van der Waals surface area contributed by atoms with Gasteiger partial charge in [-0.3, -0.25) is 0 Å². The Hall–Kier alpha value is -0.870. The molecule has 2 atom stereocenters. The molecule has 1 aliphatic heterocycles. The summed E-state index contributed by atoms with van der Waals surface area (Å²) in [6, 6.07) is 8.86. The Balaban J connectivity index is 2.12. The number of nitrogens with one attached hydrogen (secondary N) is 1. The third-order valence-electron chi connectivity index (χ3n) is 4.22. The zero-order valence-corrected chi connectivity index (χ0v) is 13.5. The zero-order valence-electron chi connectivity index (χ0n) is 12.6. The predicted octanol–water partition coefficient (Wildman–Crippen LogP) is 2.87. The fourth-order valence-electron chi connectivity index (χ4n) is 2.95. The van der Waals surface area contributed by atoms with Gasteiger partial charge in [0, 0.05) is 11.6 Å². The fourth-order valence-corrected chi connectivity index (χ4v) is 5.06. The maximum absolute atomic E-state index is 11.7. The van der Waals surface area contributed by atoms with Crippen molar-refractivity contribution in [2.75, 3.05) is 11.5 Å². The summed E-state index contributed by atoms with van der Waals surface area (Å²) in [5, 5.41) is 3.57. The van der Waals surface area contributed by atoms with Gasteiger partial charge >= 0.3 is 0 Å². The molecule has 4 heteroatoms. The van der Waals surface area contributed by atoms with Crippen molar-refractivity contribution in [3.05, 3.63) is 35.4 Å². The molecule has 0 amide bonds. The maximum atomic E-state index is 11.7. The van der Waals surface area contributed by atoms with Crippen LogP contribution in [0.2, 0.25) is 0 Å². The van der Waals surface area contributed by atoms with Gasteiger partial charge in [0.1, 0.15) is 0 Å². The third-order valence-corrected chi connectivity index (χ3v) is 6.13. The number of benzene rings is 1. The van der Waals surface area contributed by atoms with Crippen LogP contribution in [0, 0.1) is 0 Å². The van der Waals surface area contributed by atoms with Gasteiger partial charge in [0.25, 0.3) is 0 Å². The summed E-state index contributed by atoms with van der Waals surface area (Å²) in [4.78, 5) is 0. The molecule has 1 N–H and O–H groups in total. The first kappa shape index (κ1) is 15.5. The van der Waals surface area contributed by atoms with Crippen LogP contribution >= 0.6 is 0 Å². The van der Waals surface area contributed by atoms with Crippen LogP contribution in [0.5, 0.6) is 0 Å². The zero-order chi connectivity index (χ0) is 14.8. The van der Waals surface area contributed by atoms with E-state index in [-0.39, 0.29) is 17.3 Å². The molecule has 1 aliphatic rings. The summed E-state index contributed by atoms with van der Waals surface area (Å²) >= 11 is 0. The van der Waals surface area contributed by atoms with Crippen molar-refractivity contribution in [3.8, 4) is 0 Å². The number of sulfone groups is 1. The largest absolute Gasteiger partial charge is 0.304 e. The SMILES string of the molecule is CCc1ccc(C(CC)NC2(C)CCS(=O)(=O)C2)cc1. The first-order valence-electron chi connectivity index (χ1n) is 7.44. The van der Waals surface area contributed by atoms with Gasteiger partial charge in [-0.05, 0) is 37.3 Å². The lowest BCUT2D eigenvalue weighted by Gasteiger charge is -2.30. The van der Waals surface area contributed by atoms with Crippen LogP contribution in [0.25, 0.3) is 0 Å². The predicted molar refractivity (Wildman–Crippen MR) is 83.7 cm³/mol. The molecule has 3 nitrogen and oxygen atoms in total. The van der Waals surface area contributed by atoms with Crippen LogP contribution in [0.1, 0.15) is 50.8 Å². The molecule has 1 saturated heterocycles. The van der Waals surface area contributed by atoms with E-state index in [2.05, 4.69) is 43.4 Å². The second kappa shape index (κ2) is 5.86. The lowest BCUT2D eigenvalue weighted by molar-refractivity contribution is 0.337. The smallest absolute Gasteiger partial charge is 0.152 e. The minimum Gasteiger partial charge on any atom is -0.304 e. The van der Waals surface area contributed by atoms with Gasteiger partial charge < -0.3 is 5.32 Å². The van der Waals surface area contributed by atoms with Crippen molar-refractivity contribution in [1.29, 1.82) is 0 Å². The minimum atomic E-state index is -2.86. The van der Waals surface area contributed by atoms with E-state index in [0.717, 1.165) is 12.8 Å². The highest BCUT2D eigenvalue weighted by molar-refractivity contribution is 7.91. The van der Waals surface area contributed by atoms with E-state index >= 15 is 0 Å². The van der Waals surface area contributed by atoms with Crippen LogP contribution in [0.3, 0.4) is 0 Å². The molecule has 0 radical (unpaired) electrons. The highest BCUT2D eigenvalue weighted by Crippen LogP contribution is 2.28. The first-order valence-corrected chi connectivity index (χ1v) is 9.26. The van der Waals surface area contributed by atoms with Crippen molar-refractivity contribution >= 4 is 9.84 Å². The average molecular weight is 295 g/mol. The van der Waals surface area contributed by atoms with Gasteiger partial charge in [0.15, 0.2) is 9.84 Å². The number of hydrogen-bond donors (Lipinski definition) is 1. The molecule has 20 heavy (non-hydrogen) atoms. The highest BCUT2D eigenvalue weighted by atomic mass is 32.2. The van der Waals surface area contributed by atoms with Crippen LogP contribution in [0.4, 0.5) is 0 Å². The molecule has 0 aromatic heterocycles. The van der Waals surface area contributed by atoms with Crippen LogP contribution in [-0.2, 0) is 16.3 Å². The molecule has 1 heterocycles. The van der Waals surface area contributed by atoms with Crippen LogP contribution in [-0.4, -0.2) is 25.5 Å². The molecule has 0 aliphatic carbocycles. The lowest BCUT2D eigenvalue weighted by atomic mass is 9.95. The normalized spacial score (nSPS) is 26.6. The van der Waals surface area contributed by atoms with E-state index in [1.165, 1.54) is 11.1 Å². The second-order valence-corrected chi connectivity index (χ2v) is 8.29. The molecule has 2 rings (SSSR count). The first-order chi connectivity index (χ1) is 9.37. The Labute approximate surface area is 122 Å². The molecule has 2 unspecified atom stereocenters. The molecule has 0 bridgehead atoms. The summed E-state index contributed by atoms with van der Waals surface area (Å²) < 4.78 is 23.4. The highest BCUT2D eigenvalue weighted by Gasteiger charge is 2.39. The van der Waals surface area contributed by atoms with Gasteiger partial charge in [-0.25, -0.2) is 8.42 Å². The monoisotopic (exact) mass is 295 g/mol. The Kier molecular flexibility index (Phi) is 4.55. The lowest BCUT2D eigenvalue weighted by Crippen LogP contribution is -2.45. The summed E-state index contributed by atoms with van der Waals surface area (Å²) in [6.45, 7) is 6.31. The molecule has 0 saturated carbocycles. The van der Waals surface area contributed by atoms with Crippen molar-refractivity contribution in [1.82, 2.24) is 5.32 Å². The molecule has 112 valence electrons. The Morgan fingerprint density at radius 1 is 1.25 bits per heavy atom. The second-order valence-electron chi connectivity index (χ2n) is 6.10. The minimum absolute atomic E-state index is 0.221. The number of rotatable bonds is 5. The van der Waals surface area contributed by atoms with E-state index in [0.29, 0.717) is 12.2 Å². The van der Waals surface area contributed by atoms with Crippen molar-refractivity contribution in [2.24, 2.45) is 0 Å². The molecule has 1 aromatic carbocycles. The van der Waals surface area contributed by atoms with Gasteiger partial charge in [-0.1, -0.05) is 38.1 Å². The number of hydrogen-bond acceptors (Lipinski definition) is 3. The van der Waals surface area contributed by atoms with Gasteiger partial charge in [0.05, 0.1) is 11.5 Å². The summed E-state index contributed by atoms with van der Waals surface area (Å²) in [5.41, 5.74) is 2.29. The molecular weight excluding hydrogens is 270 g/mol. The third kappa shape index (κ3) is 3.61. The Bertz CT molecular complexity index is 550. The summed E-state index contributed by atoms with van der Waals surface area (Å²) in [6.07, 6.45) is 2.71. The topological polar surface area (TPSA) is 46.2 Å².